The minimum atomic E-state index is -5.06. The Labute approximate surface area is 504 Å². The second-order valence-electron chi connectivity index (χ2n) is 20.4. The lowest BCUT2D eigenvalue weighted by atomic mass is 9.95. The van der Waals surface area contributed by atoms with Crippen LogP contribution in [0.15, 0.2) is 188 Å². The average molecular weight is 1230 g/mol. The molecule has 5 aromatic heterocycles. The lowest BCUT2D eigenvalue weighted by Crippen LogP contribution is -2.12. The fourth-order valence-electron chi connectivity index (χ4n) is 10.1. The molecule has 0 aliphatic heterocycles. The number of nitrogens with zero attached hydrogens (tertiary/aromatic N) is 3. The van der Waals surface area contributed by atoms with Gasteiger partial charge in [-0.15, -0.1) is 0 Å². The Bertz CT molecular complexity index is 4600. The summed E-state index contributed by atoms with van der Waals surface area (Å²) in [7, 11) is 2.86. The summed E-state index contributed by atoms with van der Waals surface area (Å²) in [6, 6.07) is 34.7. The molecule has 0 fully saturated rings. The van der Waals surface area contributed by atoms with Crippen molar-refractivity contribution in [3.05, 3.63) is 244 Å². The molecule has 1 N–H and O–H groups in total. The number of imidazole rings is 1. The first-order valence-corrected chi connectivity index (χ1v) is 28.1. The van der Waals surface area contributed by atoms with Crippen LogP contribution in [0.2, 0.25) is 0 Å². The number of ether oxygens (including phenoxy) is 2. The number of aromatic amines is 1. The van der Waals surface area contributed by atoms with Gasteiger partial charge in [0.2, 0.25) is 5.89 Å². The third-order valence-corrected chi connectivity index (χ3v) is 15.0. The Morgan fingerprint density at radius 1 is 0.483 bits per heavy atom. The van der Waals surface area contributed by atoms with Gasteiger partial charge < -0.3 is 27.7 Å². The van der Waals surface area contributed by atoms with E-state index < -0.39 is 46.7 Å². The van der Waals surface area contributed by atoms with Gasteiger partial charge in [0.15, 0.2) is 17.4 Å². The van der Waals surface area contributed by atoms with Crippen molar-refractivity contribution in [2.24, 2.45) is 0 Å². The van der Waals surface area contributed by atoms with Crippen LogP contribution in [0, 0.1) is 23.3 Å². The number of hydrogen-bond donors (Lipinski definition) is 1. The maximum atomic E-state index is 16.5. The van der Waals surface area contributed by atoms with Crippen molar-refractivity contribution in [3.8, 4) is 101 Å². The number of furan rings is 1. The number of thiophene rings is 1. The van der Waals surface area contributed by atoms with Crippen molar-refractivity contribution in [2.75, 3.05) is 14.2 Å². The van der Waals surface area contributed by atoms with Gasteiger partial charge in [0.05, 0.1) is 49.3 Å². The molecule has 20 heteroatoms. The van der Waals surface area contributed by atoms with Crippen molar-refractivity contribution < 1.29 is 66.6 Å². The van der Waals surface area contributed by atoms with E-state index in [0.29, 0.717) is 62.9 Å². The topological polar surface area (TPSA) is 112 Å². The summed E-state index contributed by atoms with van der Waals surface area (Å²) in [6.07, 6.45) is -0.924. The molecule has 0 unspecified atom stereocenters. The van der Waals surface area contributed by atoms with Gasteiger partial charge in [-0.2, -0.15) is 37.7 Å². The van der Waals surface area contributed by atoms with Gasteiger partial charge in [0.25, 0.3) is 0 Å². The molecule has 0 radical (unpaired) electrons. The molecule has 0 atom stereocenters. The van der Waals surface area contributed by atoms with Crippen LogP contribution < -0.4 is 9.47 Å². The number of benzene rings is 7. The van der Waals surface area contributed by atoms with Crippen LogP contribution in [0.5, 0.6) is 11.5 Å². The highest BCUT2D eigenvalue weighted by Gasteiger charge is 2.37. The molecule has 7 aromatic carbocycles. The predicted octanol–water partition coefficient (Wildman–Crippen LogP) is 20.1. The van der Waals surface area contributed by atoms with E-state index in [9.17, 15) is 30.7 Å². The van der Waals surface area contributed by atoms with Gasteiger partial charge >= 0.3 is 12.4 Å². The third-order valence-electron chi connectivity index (χ3n) is 14.3. The lowest BCUT2D eigenvalue weighted by Gasteiger charge is -2.14. The van der Waals surface area contributed by atoms with Gasteiger partial charge in [0, 0.05) is 51.4 Å². The van der Waals surface area contributed by atoms with Crippen molar-refractivity contribution in [2.45, 2.75) is 25.2 Å². The zero-order valence-corrected chi connectivity index (χ0v) is 47.4. The monoisotopic (exact) mass is 1230 g/mol. The van der Waals surface area contributed by atoms with Crippen LogP contribution in [0.1, 0.15) is 45.4 Å². The first kappa shape index (κ1) is 58.9. The van der Waals surface area contributed by atoms with Crippen LogP contribution in [-0.2, 0) is 25.2 Å². The summed E-state index contributed by atoms with van der Waals surface area (Å²) < 4.78 is 176. The number of aromatic nitrogens is 4. The number of aryl methyl sites for hydroxylation is 2. The summed E-state index contributed by atoms with van der Waals surface area (Å²) in [4.78, 5) is 17.6. The number of oxazole rings is 2. The molecule has 446 valence electrons. The second kappa shape index (κ2) is 24.4. The maximum Gasteiger partial charge on any atom is 0.416 e. The lowest BCUT2D eigenvalue weighted by molar-refractivity contribution is -0.143. The van der Waals surface area contributed by atoms with Crippen molar-refractivity contribution in [3.63, 3.8) is 0 Å². The van der Waals surface area contributed by atoms with Crippen LogP contribution in [0.3, 0.4) is 0 Å². The number of methoxy groups -OCH3 is 2. The molecule has 0 saturated heterocycles. The Hall–Kier alpha value is -10.5. The molecule has 0 bridgehead atoms. The van der Waals surface area contributed by atoms with E-state index in [-0.39, 0.29) is 98.3 Å². The fraction of sp³-hybridized carbons (Fsp3) is 0.0870. The van der Waals surface area contributed by atoms with E-state index in [1.165, 1.54) is 86.6 Å². The predicted molar refractivity (Wildman–Crippen MR) is 320 cm³/mol. The van der Waals surface area contributed by atoms with Crippen LogP contribution in [0.4, 0.5) is 43.9 Å². The van der Waals surface area contributed by atoms with E-state index in [4.69, 9.17) is 37.7 Å². The van der Waals surface area contributed by atoms with Crippen LogP contribution in [0.25, 0.3) is 114 Å². The summed E-state index contributed by atoms with van der Waals surface area (Å²) in [6.45, 7) is 0. The molecule has 0 aliphatic carbocycles. The molecule has 12 aromatic rings. The molecule has 9 nitrogen and oxygen atoms in total. The molecular weight excluding hydrogens is 1190 g/mol. The average Bonchev–Trinajstić information content (AvgIpc) is 3.91. The minimum Gasteiger partial charge on any atom is -0.497 e. The summed E-state index contributed by atoms with van der Waals surface area (Å²) in [5, 5.41) is 3.87. The molecule has 12 rings (SSSR count). The second-order valence-corrected chi connectivity index (χ2v) is 21.2. The summed E-state index contributed by atoms with van der Waals surface area (Å²) in [5.41, 5.74) is 2.28. The SMILES string of the molecule is COc1cccc(-c2nc(CCc3cc(C(F)(F)F)cc(C(F)(F)F)c3)oc2-c2cc(OC)cc(-c3cc(F)cc(-c4nc(/C=C/c5ccoc5)oc4-c4cc(F)cc(-c5cc(F)cc(-c6nc(/C=C/c7ccsc7)[nH]c6-c6cccc(F)c6)c5)c4)c3)c2)c1. The first-order valence-electron chi connectivity index (χ1n) is 27.1. The van der Waals surface area contributed by atoms with E-state index in [1.807, 2.05) is 22.9 Å². The molecule has 0 amide bonds. The Balaban J connectivity index is 0.939. The highest BCUT2D eigenvalue weighted by Crippen LogP contribution is 2.44. The molecule has 0 spiro atoms. The molecule has 5 heterocycles. The zero-order valence-electron chi connectivity index (χ0n) is 46.5. The third kappa shape index (κ3) is 13.3. The van der Waals surface area contributed by atoms with Crippen molar-refractivity contribution in [1.29, 1.82) is 0 Å². The standard InChI is InChI=1S/C69H44F10N4O5S/c1-84-57-8-4-6-42(32-57)64-67(88-61(82-64)14-11-40-19-51(68(74,75)76)35-52(20-40)69(77,78)79)50-24-46(33-58(34-50)85-2)44-22-48(30-55(72)27-44)65-66(87-60(83-65)13-10-38-15-17-86-36-38)49-23-45(28-56(73)31-49)43-21-47(29-54(71)26-43)63-62(41-5-3-7-53(70)25-41)80-59(81-63)12-9-39-16-18-89-37-39/h3-10,12-13,15-37H,11,14H2,1-2H3,(H,80,81)/b12-9+,13-10+. The van der Waals surface area contributed by atoms with Crippen molar-refractivity contribution in [1.82, 2.24) is 19.9 Å². The normalized spacial score (nSPS) is 12.0. The highest BCUT2D eigenvalue weighted by atomic mass is 32.1. The van der Waals surface area contributed by atoms with E-state index in [2.05, 4.69) is 4.98 Å². The number of H-pyrrole nitrogens is 1. The Kier molecular flexibility index (Phi) is 16.1. The molecular formula is C69H44F10N4O5S. The molecule has 0 saturated carbocycles. The Morgan fingerprint density at radius 3 is 1.69 bits per heavy atom. The minimum absolute atomic E-state index is 0.00303. The van der Waals surface area contributed by atoms with E-state index >= 15 is 13.2 Å². The number of rotatable bonds is 17. The van der Waals surface area contributed by atoms with Gasteiger partial charge in [-0.05, 0) is 190 Å². The largest absolute Gasteiger partial charge is 0.497 e. The fourth-order valence-corrected chi connectivity index (χ4v) is 10.8. The van der Waals surface area contributed by atoms with Crippen LogP contribution in [-0.4, -0.2) is 34.2 Å². The Morgan fingerprint density at radius 2 is 1.04 bits per heavy atom. The van der Waals surface area contributed by atoms with Gasteiger partial charge in [-0.3, -0.25) is 0 Å². The van der Waals surface area contributed by atoms with E-state index in [1.54, 1.807) is 97.1 Å². The van der Waals surface area contributed by atoms with Gasteiger partial charge in [0.1, 0.15) is 52.0 Å². The highest BCUT2D eigenvalue weighted by molar-refractivity contribution is 7.08. The van der Waals surface area contributed by atoms with Gasteiger partial charge in [-0.25, -0.2) is 32.5 Å². The number of alkyl halides is 6. The maximum absolute atomic E-state index is 16.5. The smallest absolute Gasteiger partial charge is 0.416 e. The summed E-state index contributed by atoms with van der Waals surface area (Å²) >= 11 is 1.52. The summed E-state index contributed by atoms with van der Waals surface area (Å²) in [5.74, 6) is -1.48. The first-order chi connectivity index (χ1) is 42.8. The van der Waals surface area contributed by atoms with Crippen molar-refractivity contribution >= 4 is 35.6 Å². The zero-order chi connectivity index (χ0) is 62.1. The number of hydrogen-bond acceptors (Lipinski definition) is 9. The number of nitrogens with one attached hydrogen (secondary N) is 1. The van der Waals surface area contributed by atoms with Gasteiger partial charge in [-0.1, -0.05) is 30.3 Å². The van der Waals surface area contributed by atoms with Crippen LogP contribution >= 0.6 is 11.3 Å². The number of halogens is 10. The quantitative estimate of drug-likeness (QED) is 0.0897. The van der Waals surface area contributed by atoms with E-state index in [0.717, 1.165) is 5.56 Å². The molecule has 89 heavy (non-hydrogen) atoms. The molecule has 0 aliphatic rings.